The maximum Gasteiger partial charge on any atom is 0.334 e. The topological polar surface area (TPSA) is 76.4 Å². The Kier molecular flexibility index (Phi) is 2.89. The van der Waals surface area contributed by atoms with E-state index in [-0.39, 0.29) is 29.6 Å². The summed E-state index contributed by atoms with van der Waals surface area (Å²) in [5.41, 5.74) is 0.803. The normalized spacial score (nSPS) is 36.8. The van der Waals surface area contributed by atoms with Gasteiger partial charge in [-0.05, 0) is 18.3 Å². The number of carbonyl (C=O) groups is 2. The van der Waals surface area contributed by atoms with Crippen LogP contribution in [0.4, 0.5) is 0 Å². The molecule has 0 aromatic rings. The summed E-state index contributed by atoms with van der Waals surface area (Å²) in [6.07, 6.45) is 4.69. The molecule has 5 nitrogen and oxygen atoms in total. The average Bonchev–Trinajstić information content (AvgIpc) is 2.45. The number of nitrogens with zero attached hydrogens (tertiary/aromatic N) is 1. The van der Waals surface area contributed by atoms with Gasteiger partial charge in [-0.15, -0.1) is 0 Å². The largest absolute Gasteiger partial charge is 0.466 e. The molecule has 4 rings (SSSR count). The zero-order valence-corrected chi connectivity index (χ0v) is 11.3. The first kappa shape index (κ1) is 12.9. The zero-order chi connectivity index (χ0) is 14.4. The third-order valence-electron chi connectivity index (χ3n) is 4.82. The van der Waals surface area contributed by atoms with Gasteiger partial charge in [-0.2, -0.15) is 5.26 Å². The van der Waals surface area contributed by atoms with Crippen molar-refractivity contribution in [3.63, 3.8) is 0 Å². The molecule has 0 amide bonds. The van der Waals surface area contributed by atoms with Crippen molar-refractivity contribution in [2.24, 2.45) is 29.6 Å². The number of esters is 2. The number of allylic oxidation sites excluding steroid dienone is 2. The van der Waals surface area contributed by atoms with E-state index in [1.807, 2.05) is 12.2 Å². The fourth-order valence-electron chi connectivity index (χ4n) is 3.93. The quantitative estimate of drug-likeness (QED) is 0.558. The lowest BCUT2D eigenvalue weighted by atomic mass is 9.47. The molecule has 0 heterocycles. The highest BCUT2D eigenvalue weighted by molar-refractivity contribution is 6.02. The lowest BCUT2D eigenvalue weighted by molar-refractivity contribution is -0.142. The second kappa shape index (κ2) is 4.48. The summed E-state index contributed by atoms with van der Waals surface area (Å²) >= 11 is 0. The Morgan fingerprint density at radius 1 is 1.15 bits per heavy atom. The first-order valence-corrected chi connectivity index (χ1v) is 6.62. The molecule has 5 atom stereocenters. The standard InChI is InChI=1S/C15H15NO4/c1-19-14(17)12-8-3-4-9(13(12)15(18)20-2)11-7(6-16)5-10(8)11/h3-4,7-11H,5H2,1-2H3. The summed E-state index contributed by atoms with van der Waals surface area (Å²) in [6, 6.07) is 2.30. The van der Waals surface area contributed by atoms with Gasteiger partial charge in [0.25, 0.3) is 0 Å². The number of hydrogen-bond donors (Lipinski definition) is 0. The number of methoxy groups -OCH3 is 2. The van der Waals surface area contributed by atoms with Crippen LogP contribution in [-0.2, 0) is 19.1 Å². The van der Waals surface area contributed by atoms with Gasteiger partial charge >= 0.3 is 11.9 Å². The Morgan fingerprint density at radius 2 is 1.70 bits per heavy atom. The molecule has 0 aromatic carbocycles. The Bertz CT molecular complexity index is 583. The third kappa shape index (κ3) is 1.48. The van der Waals surface area contributed by atoms with Crippen LogP contribution < -0.4 is 0 Å². The van der Waals surface area contributed by atoms with Crippen LogP contribution in [0.25, 0.3) is 0 Å². The predicted octanol–water partition coefficient (Wildman–Crippen LogP) is 1.22. The van der Waals surface area contributed by atoms with Gasteiger partial charge in [0.1, 0.15) is 0 Å². The Balaban J connectivity index is 2.09. The van der Waals surface area contributed by atoms with Gasteiger partial charge in [-0.25, -0.2) is 9.59 Å². The van der Waals surface area contributed by atoms with Crippen LogP contribution >= 0.6 is 0 Å². The fraction of sp³-hybridized carbons (Fsp3) is 0.533. The highest BCUT2D eigenvalue weighted by Crippen LogP contribution is 2.59. The predicted molar refractivity (Wildman–Crippen MR) is 67.9 cm³/mol. The van der Waals surface area contributed by atoms with Crippen LogP contribution in [0.5, 0.6) is 0 Å². The highest BCUT2D eigenvalue weighted by Gasteiger charge is 2.58. The van der Waals surface area contributed by atoms with Crippen LogP contribution in [0.3, 0.4) is 0 Å². The van der Waals surface area contributed by atoms with Crippen molar-refractivity contribution in [3.05, 3.63) is 23.3 Å². The Morgan fingerprint density at radius 3 is 2.25 bits per heavy atom. The Hall–Kier alpha value is -2.09. The molecule has 0 spiro atoms. The van der Waals surface area contributed by atoms with Crippen LogP contribution in [-0.4, -0.2) is 26.2 Å². The molecule has 1 fully saturated rings. The highest BCUT2D eigenvalue weighted by atomic mass is 16.5. The summed E-state index contributed by atoms with van der Waals surface area (Å²) in [7, 11) is 2.61. The zero-order valence-electron chi connectivity index (χ0n) is 11.3. The van der Waals surface area contributed by atoms with Gasteiger partial charge in [-0.1, -0.05) is 12.2 Å². The summed E-state index contributed by atoms with van der Waals surface area (Å²) < 4.78 is 9.65. The molecule has 4 aliphatic rings. The van der Waals surface area contributed by atoms with Crippen LogP contribution in [0.1, 0.15) is 6.42 Å². The molecular weight excluding hydrogens is 258 g/mol. The summed E-state index contributed by atoms with van der Waals surface area (Å²) in [5.74, 6) is -0.956. The fourth-order valence-corrected chi connectivity index (χ4v) is 3.93. The molecule has 0 radical (unpaired) electrons. The van der Waals surface area contributed by atoms with E-state index in [0.717, 1.165) is 6.42 Å². The smallest absolute Gasteiger partial charge is 0.334 e. The van der Waals surface area contributed by atoms with Gasteiger partial charge < -0.3 is 9.47 Å². The first-order valence-electron chi connectivity index (χ1n) is 6.62. The SMILES string of the molecule is COC(=O)C1=C(C(=O)OC)C2C=CC1C1CC(C#N)C21. The monoisotopic (exact) mass is 273 g/mol. The van der Waals surface area contributed by atoms with Gasteiger partial charge in [0, 0.05) is 11.8 Å². The van der Waals surface area contributed by atoms with Crippen molar-refractivity contribution in [3.8, 4) is 6.07 Å². The van der Waals surface area contributed by atoms with Crippen molar-refractivity contribution < 1.29 is 19.1 Å². The van der Waals surface area contributed by atoms with Gasteiger partial charge in [0.15, 0.2) is 0 Å². The number of hydrogen-bond acceptors (Lipinski definition) is 5. The molecule has 5 unspecified atom stereocenters. The van der Waals surface area contributed by atoms with E-state index in [1.54, 1.807) is 0 Å². The van der Waals surface area contributed by atoms with E-state index in [4.69, 9.17) is 14.7 Å². The molecule has 0 saturated heterocycles. The van der Waals surface area contributed by atoms with E-state index in [1.165, 1.54) is 14.2 Å². The minimum absolute atomic E-state index is 0.0451. The van der Waals surface area contributed by atoms with Crippen LogP contribution in [0.15, 0.2) is 23.3 Å². The number of rotatable bonds is 2. The van der Waals surface area contributed by atoms with Crippen molar-refractivity contribution in [1.82, 2.24) is 0 Å². The lowest BCUT2D eigenvalue weighted by Gasteiger charge is -2.54. The van der Waals surface area contributed by atoms with Gasteiger partial charge in [0.2, 0.25) is 0 Å². The molecule has 2 bridgehead atoms. The molecule has 4 aliphatic carbocycles. The summed E-state index contributed by atoms with van der Waals surface area (Å²) in [6.45, 7) is 0. The molecule has 1 saturated carbocycles. The van der Waals surface area contributed by atoms with E-state index in [2.05, 4.69) is 6.07 Å². The van der Waals surface area contributed by atoms with Crippen molar-refractivity contribution in [1.29, 1.82) is 5.26 Å². The summed E-state index contributed by atoms with van der Waals surface area (Å²) in [4.78, 5) is 24.1. The molecule has 104 valence electrons. The van der Waals surface area contributed by atoms with E-state index >= 15 is 0 Å². The van der Waals surface area contributed by atoms with E-state index in [9.17, 15) is 9.59 Å². The molecule has 0 aromatic heterocycles. The minimum atomic E-state index is -0.494. The first-order chi connectivity index (χ1) is 9.63. The van der Waals surface area contributed by atoms with Crippen molar-refractivity contribution in [2.75, 3.05) is 14.2 Å². The molecule has 0 aliphatic heterocycles. The van der Waals surface area contributed by atoms with Crippen molar-refractivity contribution >= 4 is 11.9 Å². The maximum atomic E-state index is 12.1. The number of nitriles is 1. The Labute approximate surface area is 116 Å². The molecular formula is C15H15NO4. The van der Waals surface area contributed by atoms with Gasteiger partial charge in [0.05, 0.1) is 37.4 Å². The third-order valence-corrected chi connectivity index (χ3v) is 4.82. The van der Waals surface area contributed by atoms with E-state index < -0.39 is 11.9 Å². The molecule has 20 heavy (non-hydrogen) atoms. The van der Waals surface area contributed by atoms with Gasteiger partial charge in [-0.3, -0.25) is 0 Å². The van der Waals surface area contributed by atoms with Crippen LogP contribution in [0.2, 0.25) is 0 Å². The summed E-state index contributed by atoms with van der Waals surface area (Å²) in [5, 5.41) is 9.16. The lowest BCUT2D eigenvalue weighted by Crippen LogP contribution is -2.52. The average molecular weight is 273 g/mol. The van der Waals surface area contributed by atoms with E-state index in [0.29, 0.717) is 11.1 Å². The second-order valence-corrected chi connectivity index (χ2v) is 5.46. The van der Waals surface area contributed by atoms with Crippen molar-refractivity contribution in [2.45, 2.75) is 6.42 Å². The molecule has 0 N–H and O–H groups in total. The molecule has 5 heteroatoms. The maximum absolute atomic E-state index is 12.1. The number of ether oxygens (including phenoxy) is 2. The second-order valence-electron chi connectivity index (χ2n) is 5.46. The van der Waals surface area contributed by atoms with Crippen LogP contribution in [0, 0.1) is 40.9 Å². The number of carbonyl (C=O) groups excluding carboxylic acids is 2. The minimum Gasteiger partial charge on any atom is -0.466 e.